The summed E-state index contributed by atoms with van der Waals surface area (Å²) in [5, 5.41) is 13.6. The molecular weight excluding hydrogens is 510 g/mol. The van der Waals surface area contributed by atoms with Crippen molar-refractivity contribution in [1.82, 2.24) is 5.32 Å². The van der Waals surface area contributed by atoms with E-state index in [1.807, 2.05) is 13.0 Å². The van der Waals surface area contributed by atoms with Crippen molar-refractivity contribution in [2.45, 2.75) is 13.8 Å². The highest BCUT2D eigenvalue weighted by Gasteiger charge is 2.35. The quantitative estimate of drug-likeness (QED) is 0.167. The lowest BCUT2D eigenvalue weighted by atomic mass is 10.1. The Morgan fingerprint density at radius 3 is 2.55 bits per heavy atom. The Morgan fingerprint density at radius 1 is 1.09 bits per heavy atom. The summed E-state index contributed by atoms with van der Waals surface area (Å²) in [6.07, 6.45) is 1.33. The van der Waals surface area contributed by atoms with E-state index in [0.29, 0.717) is 17.0 Å². The number of carbonyl (C=O) groups excluding carboxylic acids is 2. The zero-order chi connectivity index (χ0) is 23.9. The lowest BCUT2D eigenvalue weighted by Crippen LogP contribution is -2.54. The van der Waals surface area contributed by atoms with Crippen molar-refractivity contribution >= 4 is 62.5 Å². The van der Waals surface area contributed by atoms with Crippen molar-refractivity contribution in [2.75, 3.05) is 4.90 Å². The van der Waals surface area contributed by atoms with Crippen molar-refractivity contribution in [3.05, 3.63) is 85.6 Å². The van der Waals surface area contributed by atoms with Crippen LogP contribution < -0.4 is 10.2 Å². The van der Waals surface area contributed by atoms with Crippen LogP contribution in [0.2, 0.25) is 0 Å². The van der Waals surface area contributed by atoms with E-state index in [0.717, 1.165) is 15.6 Å². The molecule has 0 bridgehead atoms. The lowest BCUT2D eigenvalue weighted by Gasteiger charge is -2.29. The normalized spacial score (nSPS) is 15.2. The monoisotopic (exact) mass is 525 g/mol. The van der Waals surface area contributed by atoms with Gasteiger partial charge in [-0.25, -0.2) is 0 Å². The highest BCUT2D eigenvalue weighted by molar-refractivity contribution is 9.10. The molecule has 2 heterocycles. The zero-order valence-corrected chi connectivity index (χ0v) is 19.8. The number of amides is 2. The predicted octanol–water partition coefficient (Wildman–Crippen LogP) is 5.07. The van der Waals surface area contributed by atoms with Gasteiger partial charge in [-0.15, -0.1) is 0 Å². The highest BCUT2D eigenvalue weighted by Crippen LogP contribution is 2.31. The van der Waals surface area contributed by atoms with E-state index in [1.54, 1.807) is 37.3 Å². The van der Waals surface area contributed by atoms with E-state index in [9.17, 15) is 19.7 Å². The van der Waals surface area contributed by atoms with Crippen LogP contribution in [0.5, 0.6) is 0 Å². The number of hydrogen-bond donors (Lipinski definition) is 1. The molecule has 1 aliphatic heterocycles. The third-order valence-corrected chi connectivity index (χ3v) is 5.89. The number of benzene rings is 2. The Labute approximate surface area is 202 Å². The minimum absolute atomic E-state index is 0.0140. The van der Waals surface area contributed by atoms with Crippen molar-refractivity contribution < 1.29 is 18.9 Å². The molecule has 1 aliphatic rings. The van der Waals surface area contributed by atoms with E-state index in [1.165, 1.54) is 23.1 Å². The number of nitrogens with one attached hydrogen (secondary N) is 1. The fourth-order valence-electron chi connectivity index (χ4n) is 3.45. The van der Waals surface area contributed by atoms with E-state index >= 15 is 0 Å². The maximum Gasteiger partial charge on any atom is 0.270 e. The summed E-state index contributed by atoms with van der Waals surface area (Å²) in [5.41, 5.74) is 2.44. The van der Waals surface area contributed by atoms with E-state index in [-0.39, 0.29) is 22.1 Å². The summed E-state index contributed by atoms with van der Waals surface area (Å²) in [6.45, 7) is 3.63. The number of non-ortho nitro benzene ring substituents is 1. The van der Waals surface area contributed by atoms with Crippen LogP contribution in [-0.4, -0.2) is 21.9 Å². The fourth-order valence-corrected chi connectivity index (χ4v) is 4.20. The summed E-state index contributed by atoms with van der Waals surface area (Å²) in [4.78, 5) is 37.7. The van der Waals surface area contributed by atoms with Crippen molar-refractivity contribution in [3.63, 3.8) is 0 Å². The molecule has 2 amide bonds. The maximum absolute atomic E-state index is 13.2. The van der Waals surface area contributed by atoms with Gasteiger partial charge in [0.1, 0.15) is 17.1 Å². The maximum atomic E-state index is 13.2. The third kappa shape index (κ3) is 4.35. The zero-order valence-electron chi connectivity index (χ0n) is 17.4. The number of nitro groups is 1. The molecule has 2 aromatic carbocycles. The van der Waals surface area contributed by atoms with Crippen LogP contribution in [-0.2, 0) is 9.59 Å². The molecular formula is C23H16BrN3O5S. The summed E-state index contributed by atoms with van der Waals surface area (Å²) in [6, 6.07) is 13.0. The van der Waals surface area contributed by atoms with E-state index < -0.39 is 16.7 Å². The Bertz CT molecular complexity index is 1380. The van der Waals surface area contributed by atoms with Crippen LogP contribution >= 0.6 is 28.1 Å². The number of rotatable bonds is 4. The molecule has 166 valence electrons. The van der Waals surface area contributed by atoms with Crippen LogP contribution in [0.3, 0.4) is 0 Å². The molecule has 8 nitrogen and oxygen atoms in total. The first-order valence-electron chi connectivity index (χ1n) is 9.68. The smallest absolute Gasteiger partial charge is 0.270 e. The third-order valence-electron chi connectivity index (χ3n) is 5.11. The van der Waals surface area contributed by atoms with Gasteiger partial charge >= 0.3 is 0 Å². The molecule has 3 aromatic rings. The number of aryl methyl sites for hydroxylation is 2. The summed E-state index contributed by atoms with van der Waals surface area (Å²) < 4.78 is 6.65. The second-order valence-electron chi connectivity index (χ2n) is 7.35. The molecule has 1 N–H and O–H groups in total. The van der Waals surface area contributed by atoms with Crippen molar-refractivity contribution in [2.24, 2.45) is 0 Å². The number of carbonyl (C=O) groups is 2. The van der Waals surface area contributed by atoms with Gasteiger partial charge in [0, 0.05) is 22.2 Å². The summed E-state index contributed by atoms with van der Waals surface area (Å²) in [5.74, 6) is -0.600. The fraction of sp³-hybridized carbons (Fsp3) is 0.0870. The minimum atomic E-state index is -0.638. The van der Waals surface area contributed by atoms with Crippen LogP contribution in [0.1, 0.15) is 16.9 Å². The van der Waals surface area contributed by atoms with Gasteiger partial charge in [0.2, 0.25) is 0 Å². The van der Waals surface area contributed by atoms with E-state index in [4.69, 9.17) is 16.6 Å². The van der Waals surface area contributed by atoms with Gasteiger partial charge in [0.15, 0.2) is 5.11 Å². The Kier molecular flexibility index (Phi) is 5.96. The average Bonchev–Trinajstić information content (AvgIpc) is 3.21. The Balaban J connectivity index is 1.71. The van der Waals surface area contributed by atoms with Crippen LogP contribution in [0.25, 0.3) is 17.4 Å². The number of nitro benzene ring substituents is 1. The Morgan fingerprint density at radius 2 is 1.85 bits per heavy atom. The molecule has 10 heteroatoms. The van der Waals surface area contributed by atoms with Crippen LogP contribution in [0.4, 0.5) is 11.4 Å². The first-order valence-corrected chi connectivity index (χ1v) is 10.9. The number of halogens is 1. The van der Waals surface area contributed by atoms with Gasteiger partial charge in [0.25, 0.3) is 17.5 Å². The molecule has 0 spiro atoms. The average molecular weight is 526 g/mol. The molecule has 33 heavy (non-hydrogen) atoms. The molecule has 4 rings (SSSR count). The molecule has 0 unspecified atom stereocenters. The first-order chi connectivity index (χ1) is 15.7. The number of thiocarbonyl (C=S) groups is 1. The van der Waals surface area contributed by atoms with Crippen LogP contribution in [0, 0.1) is 24.0 Å². The second kappa shape index (κ2) is 8.72. The van der Waals surface area contributed by atoms with Gasteiger partial charge in [-0.05, 0) is 73.6 Å². The highest BCUT2D eigenvalue weighted by atomic mass is 79.9. The molecule has 0 atom stereocenters. The molecule has 1 fully saturated rings. The standard InChI is InChI=1S/C23H16BrN3O5S/c1-12-3-5-15(27(30)31)10-17(12)20-8-6-16(32-20)11-18-21(28)25-23(33)26(22(18)29)19-7-4-14(24)9-13(19)2/h3-11H,1-2H3,(H,25,28,33)/b18-11+. The van der Waals surface area contributed by atoms with Gasteiger partial charge in [-0.1, -0.05) is 22.0 Å². The van der Waals surface area contributed by atoms with Gasteiger partial charge in [0.05, 0.1) is 10.6 Å². The molecule has 1 aromatic heterocycles. The molecule has 0 radical (unpaired) electrons. The number of nitrogens with zero attached hydrogens (tertiary/aromatic N) is 2. The SMILES string of the molecule is Cc1ccc([N+](=O)[O-])cc1-c1ccc(/C=C2\C(=O)NC(=S)N(c3ccc(Br)cc3C)C2=O)o1. The van der Waals surface area contributed by atoms with E-state index in [2.05, 4.69) is 21.2 Å². The van der Waals surface area contributed by atoms with Gasteiger partial charge in [-0.2, -0.15) is 0 Å². The number of anilines is 1. The number of hydrogen-bond acceptors (Lipinski definition) is 6. The predicted molar refractivity (Wildman–Crippen MR) is 131 cm³/mol. The van der Waals surface area contributed by atoms with Crippen LogP contribution in [0.15, 0.2) is 63.0 Å². The van der Waals surface area contributed by atoms with Crippen molar-refractivity contribution in [3.8, 4) is 11.3 Å². The topological polar surface area (TPSA) is 106 Å². The Hall–Kier alpha value is -3.63. The summed E-state index contributed by atoms with van der Waals surface area (Å²) in [7, 11) is 0. The number of furan rings is 1. The van der Waals surface area contributed by atoms with Gasteiger partial charge < -0.3 is 4.42 Å². The van der Waals surface area contributed by atoms with Gasteiger partial charge in [-0.3, -0.25) is 29.9 Å². The summed E-state index contributed by atoms with van der Waals surface area (Å²) >= 11 is 8.63. The van der Waals surface area contributed by atoms with Crippen molar-refractivity contribution in [1.29, 1.82) is 0 Å². The minimum Gasteiger partial charge on any atom is -0.457 e. The first kappa shape index (κ1) is 22.6. The molecule has 1 saturated heterocycles. The largest absolute Gasteiger partial charge is 0.457 e. The second-order valence-corrected chi connectivity index (χ2v) is 8.65. The lowest BCUT2D eigenvalue weighted by molar-refractivity contribution is -0.384. The molecule has 0 aliphatic carbocycles. The molecule has 0 saturated carbocycles.